The lowest BCUT2D eigenvalue weighted by Crippen LogP contribution is -2.52. The molecule has 0 unspecified atom stereocenters. The van der Waals surface area contributed by atoms with Gasteiger partial charge in [0.1, 0.15) is 34.6 Å². The van der Waals surface area contributed by atoms with Crippen LogP contribution in [0, 0.1) is 35.5 Å². The first-order valence-electron chi connectivity index (χ1n) is 22.0. The second-order valence-electron chi connectivity index (χ2n) is 18.6. The molecule has 4 N–H and O–H groups in total. The molecule has 330 valence electrons. The number of amides is 4. The van der Waals surface area contributed by atoms with E-state index in [0.717, 1.165) is 57.4 Å². The van der Waals surface area contributed by atoms with Gasteiger partial charge in [-0.1, -0.05) is 102 Å². The lowest BCUT2D eigenvalue weighted by atomic mass is 9.98. The molecule has 10 atom stereocenters. The normalized spacial score (nSPS) is 25.4. The zero-order chi connectivity index (χ0) is 44.6. The molecule has 4 amide bonds. The third-order valence-corrected chi connectivity index (χ3v) is 14.4. The summed E-state index contributed by atoms with van der Waals surface area (Å²) in [5.41, 5.74) is 5.47. The predicted molar refractivity (Wildman–Crippen MR) is 239 cm³/mol. The minimum atomic E-state index is -0.726. The molecule has 2 saturated carbocycles. The Morgan fingerprint density at radius 1 is 0.683 bits per heavy atom. The smallest absolute Gasteiger partial charge is 0.407 e. The van der Waals surface area contributed by atoms with Crippen LogP contribution in [0.25, 0.3) is 44.4 Å². The summed E-state index contributed by atoms with van der Waals surface area (Å²) < 4.78 is 9.65. The van der Waals surface area contributed by atoms with E-state index in [1.807, 2.05) is 49.8 Å². The van der Waals surface area contributed by atoms with E-state index in [0.29, 0.717) is 40.3 Å². The van der Waals surface area contributed by atoms with Crippen LogP contribution < -0.4 is 10.6 Å². The van der Waals surface area contributed by atoms with Gasteiger partial charge in [-0.3, -0.25) is 9.59 Å². The van der Waals surface area contributed by atoms with Crippen molar-refractivity contribution in [3.05, 3.63) is 83.7 Å². The summed E-state index contributed by atoms with van der Waals surface area (Å²) in [4.78, 5) is 72.7. The molecule has 4 aliphatic rings. The topological polar surface area (TPSA) is 175 Å². The monoisotopic (exact) mass is 874 g/mol. The van der Waals surface area contributed by atoms with Gasteiger partial charge in [-0.2, -0.15) is 0 Å². The maximum absolute atomic E-state index is 14.0. The van der Waals surface area contributed by atoms with Crippen molar-refractivity contribution in [3.63, 3.8) is 0 Å². The van der Waals surface area contributed by atoms with E-state index in [-0.39, 0.29) is 47.8 Å². The van der Waals surface area contributed by atoms with Crippen LogP contribution in [0.1, 0.15) is 78.1 Å². The van der Waals surface area contributed by atoms with Crippen molar-refractivity contribution in [2.75, 3.05) is 14.2 Å². The highest BCUT2D eigenvalue weighted by Gasteiger charge is 2.63. The van der Waals surface area contributed by atoms with Crippen molar-refractivity contribution in [1.82, 2.24) is 40.4 Å². The number of H-pyrrole nitrogens is 2. The minimum absolute atomic E-state index is 0.0869. The molecular formula is C48H55ClN8O6. The number of alkyl carbamates (subject to hydrolysis) is 2. The van der Waals surface area contributed by atoms with Gasteiger partial charge in [0.05, 0.1) is 38.2 Å². The molecule has 3 aromatic carbocycles. The Kier molecular flexibility index (Phi) is 11.0. The first-order valence-corrected chi connectivity index (χ1v) is 22.3. The molecule has 4 fully saturated rings. The number of benzene rings is 3. The molecule has 4 heterocycles. The number of nitrogens with one attached hydrogen (secondary N) is 4. The Hall–Kier alpha value is -5.89. The fourth-order valence-electron chi connectivity index (χ4n) is 10.4. The number of nitrogens with zero attached hydrogens (tertiary/aromatic N) is 4. The van der Waals surface area contributed by atoms with Crippen LogP contribution in [0.15, 0.2) is 66.9 Å². The van der Waals surface area contributed by atoms with Crippen molar-refractivity contribution in [1.29, 1.82) is 0 Å². The molecule has 2 saturated heterocycles. The van der Waals surface area contributed by atoms with E-state index in [1.165, 1.54) is 14.2 Å². The van der Waals surface area contributed by atoms with Gasteiger partial charge in [-0.25, -0.2) is 19.6 Å². The van der Waals surface area contributed by atoms with Crippen LogP contribution in [0.2, 0.25) is 5.15 Å². The second kappa shape index (κ2) is 16.3. The van der Waals surface area contributed by atoms with Crippen LogP contribution in [0.3, 0.4) is 0 Å². The Morgan fingerprint density at radius 3 is 1.68 bits per heavy atom. The lowest BCUT2D eigenvalue weighted by molar-refractivity contribution is -0.137. The van der Waals surface area contributed by atoms with Gasteiger partial charge < -0.3 is 39.9 Å². The fourth-order valence-corrected chi connectivity index (χ4v) is 10.7. The number of likely N-dealkylation sites (tertiary alicyclic amines) is 2. The summed E-state index contributed by atoms with van der Waals surface area (Å²) in [5, 5.41) is 8.01. The molecule has 14 nitrogen and oxygen atoms in total. The standard InChI is InChI=1S/C48H55ClN8O6/c1-22(2)37(53-47(60)62-7)45(58)56-35(19-32-24(5)40(32)56)43-50-21-34(51-43)27-11-9-26(10-12-27)28-13-14-30-18-31(16-15-29(30)17-28)39-42(49)55-44(52-39)36-20-33-25(6)41(33)57(36)46(59)38(23(3)4)54-48(61)63-8/h9-18,21-25,32-33,35-38,40-41H,19-20H2,1-8H3,(H,50,51)(H,52,55)(H,53,60)(H,54,61)/t24-,25-,32+,33+,35+,36+,37+,38+,40-,41-/m1/s1. The number of piperidine rings is 2. The Morgan fingerprint density at radius 2 is 1.16 bits per heavy atom. The van der Waals surface area contributed by atoms with E-state index in [2.05, 4.69) is 89.0 Å². The number of aromatic amines is 2. The first kappa shape index (κ1) is 42.4. The number of hydrogen-bond acceptors (Lipinski definition) is 8. The average molecular weight is 875 g/mol. The molecule has 2 aliphatic heterocycles. The van der Waals surface area contributed by atoms with Crippen LogP contribution in [0.4, 0.5) is 9.59 Å². The van der Waals surface area contributed by atoms with E-state index in [1.54, 1.807) is 0 Å². The molecule has 0 radical (unpaired) electrons. The molecule has 9 rings (SSSR count). The Bertz CT molecular complexity index is 2590. The van der Waals surface area contributed by atoms with Crippen molar-refractivity contribution < 1.29 is 28.7 Å². The summed E-state index contributed by atoms with van der Waals surface area (Å²) in [5.74, 6) is 2.44. The molecule has 2 aromatic heterocycles. The number of carbonyl (C=O) groups excluding carboxylic acids is 4. The number of carbonyl (C=O) groups is 4. The Labute approximate surface area is 371 Å². The SMILES string of the molecule is COC(=O)N[C@H](C(=O)N1[C@@H]2[C@H](C)[C@@H]2C[C@H]1c1ncc(-c2ccc(-c3ccc4cc(-c5nc([C@@H]6C[C@H]7[C@@H](C)[C@H]7N6C(=O)[C@@H](NC(=O)OC)C(C)C)[nH]c5Cl)ccc4c3)cc2)[nH]1)C(C)C. The van der Waals surface area contributed by atoms with Gasteiger partial charge in [0.2, 0.25) is 11.8 Å². The highest BCUT2D eigenvalue weighted by Crippen LogP contribution is 2.59. The van der Waals surface area contributed by atoms with Crippen LogP contribution in [-0.4, -0.2) is 92.1 Å². The van der Waals surface area contributed by atoms with Crippen LogP contribution >= 0.6 is 11.6 Å². The Balaban J connectivity index is 0.901. The van der Waals surface area contributed by atoms with Gasteiger partial charge in [-0.05, 0) is 87.9 Å². The van der Waals surface area contributed by atoms with Gasteiger partial charge in [0.15, 0.2) is 0 Å². The number of fused-ring (bicyclic) bond motifs is 3. The summed E-state index contributed by atoms with van der Waals surface area (Å²) in [6.07, 6.45) is 2.17. The van der Waals surface area contributed by atoms with Crippen molar-refractivity contribution in [2.24, 2.45) is 35.5 Å². The summed E-state index contributed by atoms with van der Waals surface area (Å²) in [7, 11) is 2.60. The highest BCUT2D eigenvalue weighted by atomic mass is 35.5. The fraction of sp³-hybridized carbons (Fsp3) is 0.458. The maximum Gasteiger partial charge on any atom is 0.407 e. The predicted octanol–water partition coefficient (Wildman–Crippen LogP) is 8.52. The summed E-state index contributed by atoms with van der Waals surface area (Å²) in [6, 6.07) is 19.2. The number of imidazole rings is 2. The van der Waals surface area contributed by atoms with E-state index in [4.69, 9.17) is 31.0 Å². The molecular weight excluding hydrogens is 820 g/mol. The van der Waals surface area contributed by atoms with E-state index in [9.17, 15) is 19.2 Å². The zero-order valence-corrected chi connectivity index (χ0v) is 37.6. The maximum atomic E-state index is 14.0. The number of methoxy groups -OCH3 is 2. The van der Waals surface area contributed by atoms with Gasteiger partial charge in [0, 0.05) is 17.6 Å². The number of halogens is 1. The number of ether oxygens (including phenoxy) is 2. The molecule has 2 aliphatic carbocycles. The quantitative estimate of drug-likeness (QED) is 0.102. The van der Waals surface area contributed by atoms with Crippen molar-refractivity contribution in [3.8, 4) is 33.6 Å². The van der Waals surface area contributed by atoms with Gasteiger partial charge in [0.25, 0.3) is 0 Å². The number of aromatic nitrogens is 4. The van der Waals surface area contributed by atoms with Crippen LogP contribution in [-0.2, 0) is 19.1 Å². The van der Waals surface area contributed by atoms with Crippen molar-refractivity contribution >= 4 is 46.4 Å². The van der Waals surface area contributed by atoms with Gasteiger partial charge in [-0.15, -0.1) is 0 Å². The third-order valence-electron chi connectivity index (χ3n) is 14.2. The highest BCUT2D eigenvalue weighted by molar-refractivity contribution is 6.32. The van der Waals surface area contributed by atoms with E-state index < -0.39 is 24.3 Å². The number of rotatable bonds is 11. The van der Waals surface area contributed by atoms with Crippen LogP contribution in [0.5, 0.6) is 0 Å². The van der Waals surface area contributed by atoms with Crippen molar-refractivity contribution in [2.45, 2.75) is 90.6 Å². The zero-order valence-electron chi connectivity index (χ0n) is 36.8. The summed E-state index contributed by atoms with van der Waals surface area (Å²) >= 11 is 6.85. The minimum Gasteiger partial charge on any atom is -0.453 e. The molecule has 0 spiro atoms. The van der Waals surface area contributed by atoms with Gasteiger partial charge >= 0.3 is 12.2 Å². The van der Waals surface area contributed by atoms with E-state index >= 15 is 0 Å². The lowest BCUT2D eigenvalue weighted by Gasteiger charge is -2.32. The third kappa shape index (κ3) is 7.59. The second-order valence-corrected chi connectivity index (χ2v) is 18.9. The molecule has 0 bridgehead atoms. The largest absolute Gasteiger partial charge is 0.453 e. The first-order chi connectivity index (χ1) is 30.2. The average Bonchev–Trinajstić information content (AvgIpc) is 3.72. The number of hydrogen-bond donors (Lipinski definition) is 4. The molecule has 63 heavy (non-hydrogen) atoms. The molecule has 15 heteroatoms. The molecule has 5 aromatic rings. The summed E-state index contributed by atoms with van der Waals surface area (Å²) in [6.45, 7) is 12.0.